The molecule has 7 heteroatoms. The summed E-state index contributed by atoms with van der Waals surface area (Å²) in [6, 6.07) is 2.94. The van der Waals surface area contributed by atoms with Crippen molar-refractivity contribution in [2.24, 2.45) is 16.8 Å². The lowest BCUT2D eigenvalue weighted by molar-refractivity contribution is 0.0933. The zero-order valence-corrected chi connectivity index (χ0v) is 13.0. The van der Waals surface area contributed by atoms with Gasteiger partial charge in [0.05, 0.1) is 4.90 Å². The number of sulfonamides is 1. The van der Waals surface area contributed by atoms with Crippen LogP contribution >= 0.6 is 0 Å². The molecule has 1 aromatic rings. The second-order valence-corrected chi connectivity index (χ2v) is 7.14. The van der Waals surface area contributed by atoms with Crippen molar-refractivity contribution in [2.75, 3.05) is 6.54 Å². The first-order valence-electron chi connectivity index (χ1n) is 6.89. The lowest BCUT2D eigenvalue weighted by Crippen LogP contribution is -2.41. The summed E-state index contributed by atoms with van der Waals surface area (Å²) in [6.07, 6.45) is 2.13. The Morgan fingerprint density at radius 3 is 2.48 bits per heavy atom. The summed E-state index contributed by atoms with van der Waals surface area (Å²) in [7, 11) is -3.85. The number of rotatable bonds is 5. The molecule has 0 radical (unpaired) electrons. The van der Waals surface area contributed by atoms with Crippen LogP contribution in [0, 0.1) is 19.8 Å². The van der Waals surface area contributed by atoms with E-state index in [0.717, 1.165) is 12.8 Å². The lowest BCUT2D eigenvalue weighted by Gasteiger charge is -2.17. The van der Waals surface area contributed by atoms with Gasteiger partial charge in [0.2, 0.25) is 10.0 Å². The van der Waals surface area contributed by atoms with Crippen molar-refractivity contribution in [3.8, 4) is 0 Å². The largest absolute Gasteiger partial charge is 0.348 e. The number of hydrogen-bond donors (Lipinski definition) is 3. The fraction of sp³-hybridized carbons (Fsp3) is 0.500. The molecule has 1 fully saturated rings. The molecule has 1 aliphatic rings. The Kier molecular flexibility index (Phi) is 4.36. The molecular weight excluding hydrogens is 290 g/mol. The molecule has 0 bridgehead atoms. The number of carbonyl (C=O) groups excluding carboxylic acids is 1. The molecule has 5 N–H and O–H groups in total. The summed E-state index contributed by atoms with van der Waals surface area (Å²) in [4.78, 5) is 12.3. The SMILES string of the molecule is Cc1cc(C(=O)NC(CN)C2CC2)cc(S(N)(=O)=O)c1C. The van der Waals surface area contributed by atoms with E-state index in [0.29, 0.717) is 29.2 Å². The normalized spacial score (nSPS) is 16.6. The average molecular weight is 311 g/mol. The first-order valence-corrected chi connectivity index (χ1v) is 8.43. The minimum Gasteiger partial charge on any atom is -0.348 e. The highest BCUT2D eigenvalue weighted by Crippen LogP contribution is 2.32. The quantitative estimate of drug-likeness (QED) is 0.730. The van der Waals surface area contributed by atoms with E-state index < -0.39 is 10.0 Å². The van der Waals surface area contributed by atoms with E-state index in [9.17, 15) is 13.2 Å². The second-order valence-electron chi connectivity index (χ2n) is 5.61. The fourth-order valence-corrected chi connectivity index (χ4v) is 3.25. The van der Waals surface area contributed by atoms with Crippen LogP contribution in [0.3, 0.4) is 0 Å². The number of aryl methyl sites for hydroxylation is 1. The molecule has 0 aliphatic heterocycles. The van der Waals surface area contributed by atoms with Crippen molar-refractivity contribution in [1.82, 2.24) is 5.32 Å². The summed E-state index contributed by atoms with van der Waals surface area (Å²) in [5.74, 6) is 0.119. The summed E-state index contributed by atoms with van der Waals surface area (Å²) in [5, 5.41) is 8.07. The van der Waals surface area contributed by atoms with Crippen LogP contribution < -0.4 is 16.2 Å². The van der Waals surface area contributed by atoms with Crippen LogP contribution in [0.4, 0.5) is 0 Å². The van der Waals surface area contributed by atoms with Gasteiger partial charge >= 0.3 is 0 Å². The molecule has 1 amide bonds. The molecule has 6 nitrogen and oxygen atoms in total. The number of amides is 1. The van der Waals surface area contributed by atoms with E-state index in [2.05, 4.69) is 5.32 Å². The first-order chi connectivity index (χ1) is 9.74. The molecule has 0 saturated heterocycles. The Hall–Kier alpha value is -1.44. The molecular formula is C14H21N3O3S. The van der Waals surface area contributed by atoms with Crippen molar-refractivity contribution in [2.45, 2.75) is 37.6 Å². The predicted molar refractivity (Wildman–Crippen MR) is 80.3 cm³/mol. The van der Waals surface area contributed by atoms with Gasteiger partial charge in [-0.2, -0.15) is 0 Å². The molecule has 1 saturated carbocycles. The third-order valence-corrected chi connectivity index (χ3v) is 4.99. The van der Waals surface area contributed by atoms with Crippen molar-refractivity contribution < 1.29 is 13.2 Å². The standard InChI is InChI=1S/C14H21N3O3S/c1-8-5-11(6-13(9(8)2)21(16,19)20)14(18)17-12(7-15)10-3-4-10/h5-6,10,12H,3-4,7,15H2,1-2H3,(H,17,18)(H2,16,19,20). The monoisotopic (exact) mass is 311 g/mol. The molecule has 21 heavy (non-hydrogen) atoms. The van der Waals surface area contributed by atoms with Gasteiger partial charge in [-0.05, 0) is 55.9 Å². The van der Waals surface area contributed by atoms with Gasteiger partial charge in [-0.1, -0.05) is 0 Å². The van der Waals surface area contributed by atoms with Crippen molar-refractivity contribution in [3.05, 3.63) is 28.8 Å². The smallest absolute Gasteiger partial charge is 0.251 e. The highest BCUT2D eigenvalue weighted by atomic mass is 32.2. The molecule has 1 unspecified atom stereocenters. The van der Waals surface area contributed by atoms with Crippen molar-refractivity contribution in [3.63, 3.8) is 0 Å². The summed E-state index contributed by atoms with van der Waals surface area (Å²) < 4.78 is 23.2. The highest BCUT2D eigenvalue weighted by molar-refractivity contribution is 7.89. The summed E-state index contributed by atoms with van der Waals surface area (Å²) in [5.41, 5.74) is 7.23. The zero-order chi connectivity index (χ0) is 15.8. The molecule has 1 aliphatic carbocycles. The van der Waals surface area contributed by atoms with Gasteiger partial charge in [0.25, 0.3) is 5.91 Å². The number of nitrogens with two attached hydrogens (primary N) is 2. The lowest BCUT2D eigenvalue weighted by atomic mass is 10.0. The van der Waals surface area contributed by atoms with E-state index in [1.165, 1.54) is 6.07 Å². The third kappa shape index (κ3) is 3.61. The first kappa shape index (κ1) is 15.9. The second kappa shape index (κ2) is 5.75. The maximum absolute atomic E-state index is 12.3. The molecule has 1 aromatic carbocycles. The summed E-state index contributed by atoms with van der Waals surface area (Å²) in [6.45, 7) is 3.80. The third-order valence-electron chi connectivity index (χ3n) is 3.95. The number of carbonyl (C=O) groups is 1. The Morgan fingerprint density at radius 1 is 1.38 bits per heavy atom. The van der Waals surface area contributed by atoms with Gasteiger partial charge in [0, 0.05) is 18.2 Å². The van der Waals surface area contributed by atoms with Crippen LogP contribution in [-0.2, 0) is 10.0 Å². The molecule has 0 heterocycles. The summed E-state index contributed by atoms with van der Waals surface area (Å²) >= 11 is 0. The zero-order valence-electron chi connectivity index (χ0n) is 12.2. The van der Waals surface area contributed by atoms with E-state index >= 15 is 0 Å². The maximum Gasteiger partial charge on any atom is 0.251 e. The molecule has 0 spiro atoms. The fourth-order valence-electron chi connectivity index (χ4n) is 2.37. The number of benzene rings is 1. The number of primary sulfonamides is 1. The van der Waals surface area contributed by atoms with Crippen LogP contribution in [0.25, 0.3) is 0 Å². The maximum atomic E-state index is 12.3. The van der Waals surface area contributed by atoms with Gasteiger partial charge in [-0.15, -0.1) is 0 Å². The highest BCUT2D eigenvalue weighted by Gasteiger charge is 2.31. The topological polar surface area (TPSA) is 115 Å². The van der Waals surface area contributed by atoms with E-state index in [1.54, 1.807) is 19.9 Å². The average Bonchev–Trinajstić information content (AvgIpc) is 3.21. The van der Waals surface area contributed by atoms with Crippen LogP contribution in [0.2, 0.25) is 0 Å². The van der Waals surface area contributed by atoms with Gasteiger partial charge < -0.3 is 11.1 Å². The molecule has 2 rings (SSSR count). The Balaban J connectivity index is 2.31. The minimum absolute atomic E-state index is 0.0108. The van der Waals surface area contributed by atoms with Crippen molar-refractivity contribution >= 4 is 15.9 Å². The Morgan fingerprint density at radius 2 is 2.00 bits per heavy atom. The number of nitrogens with one attached hydrogen (secondary N) is 1. The minimum atomic E-state index is -3.85. The van der Waals surface area contributed by atoms with Crippen molar-refractivity contribution in [1.29, 1.82) is 0 Å². The van der Waals surface area contributed by atoms with Gasteiger partial charge in [0.15, 0.2) is 0 Å². The Labute approximate surface area is 124 Å². The molecule has 1 atom stereocenters. The van der Waals surface area contributed by atoms with Crippen LogP contribution in [0.1, 0.15) is 34.3 Å². The van der Waals surface area contributed by atoms with E-state index in [-0.39, 0.29) is 16.8 Å². The molecule has 0 aromatic heterocycles. The van der Waals surface area contributed by atoms with Crippen LogP contribution in [0.5, 0.6) is 0 Å². The van der Waals surface area contributed by atoms with E-state index in [1.807, 2.05) is 0 Å². The van der Waals surface area contributed by atoms with Crippen LogP contribution in [-0.4, -0.2) is 26.9 Å². The van der Waals surface area contributed by atoms with Gasteiger partial charge in [-0.3, -0.25) is 4.79 Å². The van der Waals surface area contributed by atoms with E-state index in [4.69, 9.17) is 10.9 Å². The molecule has 116 valence electrons. The number of hydrogen-bond acceptors (Lipinski definition) is 4. The van der Waals surface area contributed by atoms with Crippen LogP contribution in [0.15, 0.2) is 17.0 Å². The predicted octanol–water partition coefficient (Wildman–Crippen LogP) is 0.418. The van der Waals surface area contributed by atoms with Gasteiger partial charge in [-0.25, -0.2) is 13.6 Å². The van der Waals surface area contributed by atoms with Gasteiger partial charge in [0.1, 0.15) is 0 Å². The Bertz CT molecular complexity index is 666.